The van der Waals surface area contributed by atoms with E-state index in [-0.39, 0.29) is 0 Å². The molecule has 0 N–H and O–H groups in total. The molecule has 120 valence electrons. The van der Waals surface area contributed by atoms with Crippen LogP contribution in [0.25, 0.3) is 0 Å². The summed E-state index contributed by atoms with van der Waals surface area (Å²) in [6.07, 6.45) is 0. The zero-order valence-electron chi connectivity index (χ0n) is 13.6. The molecular formula is C18H20N2O3. The number of methoxy groups -OCH3 is 3. The lowest BCUT2D eigenvalue weighted by atomic mass is 10.1. The fraction of sp³-hybridized carbons (Fsp3) is 0.278. The van der Waals surface area contributed by atoms with Gasteiger partial charge in [0.1, 0.15) is 6.54 Å². The molecule has 0 saturated heterocycles. The van der Waals surface area contributed by atoms with E-state index in [1.165, 1.54) is 0 Å². The number of benzene rings is 2. The van der Waals surface area contributed by atoms with Crippen molar-refractivity contribution in [2.75, 3.05) is 32.8 Å². The maximum atomic E-state index is 9.10. The van der Waals surface area contributed by atoms with Crippen LogP contribution >= 0.6 is 0 Å². The Morgan fingerprint density at radius 1 is 0.957 bits per heavy atom. The number of hydrogen-bond acceptors (Lipinski definition) is 5. The van der Waals surface area contributed by atoms with E-state index < -0.39 is 0 Å². The van der Waals surface area contributed by atoms with Gasteiger partial charge >= 0.3 is 0 Å². The molecule has 0 aromatic heterocycles. The summed E-state index contributed by atoms with van der Waals surface area (Å²) in [6, 6.07) is 15.8. The number of anilines is 1. The Morgan fingerprint density at radius 2 is 1.57 bits per heavy atom. The molecule has 0 amide bonds. The lowest BCUT2D eigenvalue weighted by molar-refractivity contribution is 0.324. The van der Waals surface area contributed by atoms with Crippen molar-refractivity contribution in [1.29, 1.82) is 5.26 Å². The molecule has 0 heterocycles. The Hall–Kier alpha value is -2.87. The molecule has 0 atom stereocenters. The van der Waals surface area contributed by atoms with E-state index >= 15 is 0 Å². The van der Waals surface area contributed by atoms with Crippen molar-refractivity contribution in [3.8, 4) is 23.3 Å². The first-order valence-electron chi connectivity index (χ1n) is 7.19. The highest BCUT2D eigenvalue weighted by Gasteiger charge is 2.15. The van der Waals surface area contributed by atoms with Crippen LogP contribution in [0.2, 0.25) is 0 Å². The van der Waals surface area contributed by atoms with Gasteiger partial charge in [0.2, 0.25) is 5.75 Å². The third kappa shape index (κ3) is 3.86. The zero-order valence-corrected chi connectivity index (χ0v) is 13.6. The van der Waals surface area contributed by atoms with Gasteiger partial charge < -0.3 is 19.1 Å². The standard InChI is InChI=1S/C18H20N2O3/c1-21-16-11-14(12-17(22-2)18(16)23-3)13-20(10-9-19)15-7-5-4-6-8-15/h4-8,11-12H,10,13H2,1-3H3. The van der Waals surface area contributed by atoms with E-state index in [0.29, 0.717) is 30.3 Å². The van der Waals surface area contributed by atoms with Crippen molar-refractivity contribution in [1.82, 2.24) is 0 Å². The molecule has 2 aromatic carbocycles. The second-order valence-electron chi connectivity index (χ2n) is 4.88. The average Bonchev–Trinajstić information content (AvgIpc) is 2.61. The molecule has 23 heavy (non-hydrogen) atoms. The molecule has 0 spiro atoms. The highest BCUT2D eigenvalue weighted by atomic mass is 16.5. The molecule has 0 aliphatic carbocycles. The van der Waals surface area contributed by atoms with E-state index in [4.69, 9.17) is 19.5 Å². The Labute approximate surface area is 136 Å². The number of nitriles is 1. The molecule has 2 rings (SSSR count). The number of hydrogen-bond donors (Lipinski definition) is 0. The van der Waals surface area contributed by atoms with Crippen LogP contribution in [-0.4, -0.2) is 27.9 Å². The first-order chi connectivity index (χ1) is 11.2. The normalized spacial score (nSPS) is 9.83. The molecule has 5 nitrogen and oxygen atoms in total. The SMILES string of the molecule is COc1cc(CN(CC#N)c2ccccc2)cc(OC)c1OC. The summed E-state index contributed by atoms with van der Waals surface area (Å²) in [5.74, 6) is 1.77. The second-order valence-corrected chi connectivity index (χ2v) is 4.88. The molecule has 0 bridgehead atoms. The van der Waals surface area contributed by atoms with E-state index in [0.717, 1.165) is 11.3 Å². The molecule has 0 aliphatic heterocycles. The van der Waals surface area contributed by atoms with Gasteiger partial charge in [-0.05, 0) is 29.8 Å². The Morgan fingerprint density at radius 3 is 2.04 bits per heavy atom. The highest BCUT2D eigenvalue weighted by molar-refractivity contribution is 5.55. The number of nitrogens with zero attached hydrogens (tertiary/aromatic N) is 2. The largest absolute Gasteiger partial charge is 0.493 e. The lowest BCUT2D eigenvalue weighted by Crippen LogP contribution is -2.22. The van der Waals surface area contributed by atoms with E-state index in [1.807, 2.05) is 47.4 Å². The predicted octanol–water partition coefficient (Wildman–Crippen LogP) is 3.24. The van der Waals surface area contributed by atoms with Gasteiger partial charge in [-0.2, -0.15) is 5.26 Å². The second kappa shape index (κ2) is 7.95. The fourth-order valence-electron chi connectivity index (χ4n) is 2.41. The highest BCUT2D eigenvalue weighted by Crippen LogP contribution is 2.38. The summed E-state index contributed by atoms with van der Waals surface area (Å²) >= 11 is 0. The van der Waals surface area contributed by atoms with Gasteiger partial charge in [0.15, 0.2) is 11.5 Å². The van der Waals surface area contributed by atoms with Crippen molar-refractivity contribution in [2.24, 2.45) is 0 Å². The Balaban J connectivity index is 2.35. The quantitative estimate of drug-likeness (QED) is 0.735. The fourth-order valence-corrected chi connectivity index (χ4v) is 2.41. The van der Waals surface area contributed by atoms with E-state index in [9.17, 15) is 0 Å². The van der Waals surface area contributed by atoms with Crippen LogP contribution in [0.3, 0.4) is 0 Å². The molecule has 0 radical (unpaired) electrons. The van der Waals surface area contributed by atoms with Crippen LogP contribution in [0, 0.1) is 11.3 Å². The molecule has 0 unspecified atom stereocenters. The minimum atomic E-state index is 0.292. The van der Waals surface area contributed by atoms with Gasteiger partial charge in [-0.15, -0.1) is 0 Å². The van der Waals surface area contributed by atoms with Crippen molar-refractivity contribution in [3.05, 3.63) is 48.0 Å². The van der Waals surface area contributed by atoms with Crippen molar-refractivity contribution in [2.45, 2.75) is 6.54 Å². The molecule has 0 fully saturated rings. The Bertz CT molecular complexity index is 655. The summed E-state index contributed by atoms with van der Waals surface area (Å²) in [7, 11) is 4.75. The maximum Gasteiger partial charge on any atom is 0.203 e. The summed E-state index contributed by atoms with van der Waals surface area (Å²) in [5, 5.41) is 9.10. The molecular weight excluding hydrogens is 292 g/mol. The number of para-hydroxylation sites is 1. The van der Waals surface area contributed by atoms with Gasteiger partial charge in [-0.25, -0.2) is 0 Å². The summed E-state index contributed by atoms with van der Waals surface area (Å²) in [5.41, 5.74) is 1.96. The smallest absolute Gasteiger partial charge is 0.203 e. The van der Waals surface area contributed by atoms with Gasteiger partial charge in [0.25, 0.3) is 0 Å². The van der Waals surface area contributed by atoms with Crippen LogP contribution in [-0.2, 0) is 6.54 Å². The minimum absolute atomic E-state index is 0.292. The number of rotatable bonds is 7. The third-order valence-electron chi connectivity index (χ3n) is 3.48. The minimum Gasteiger partial charge on any atom is -0.493 e. The van der Waals surface area contributed by atoms with Gasteiger partial charge in [-0.3, -0.25) is 0 Å². The van der Waals surface area contributed by atoms with Crippen LogP contribution in [0.1, 0.15) is 5.56 Å². The van der Waals surface area contributed by atoms with E-state index in [2.05, 4.69) is 6.07 Å². The average molecular weight is 312 g/mol. The molecule has 2 aromatic rings. The first-order valence-corrected chi connectivity index (χ1v) is 7.19. The first kappa shape index (κ1) is 16.5. The molecule has 0 aliphatic rings. The Kier molecular flexibility index (Phi) is 5.70. The van der Waals surface area contributed by atoms with Crippen LogP contribution < -0.4 is 19.1 Å². The van der Waals surface area contributed by atoms with E-state index in [1.54, 1.807) is 21.3 Å². The van der Waals surface area contributed by atoms with Crippen molar-refractivity contribution in [3.63, 3.8) is 0 Å². The maximum absolute atomic E-state index is 9.10. The van der Waals surface area contributed by atoms with Crippen LogP contribution in [0.5, 0.6) is 17.2 Å². The molecule has 5 heteroatoms. The van der Waals surface area contributed by atoms with Gasteiger partial charge in [-0.1, -0.05) is 18.2 Å². The monoisotopic (exact) mass is 312 g/mol. The zero-order chi connectivity index (χ0) is 16.7. The van der Waals surface area contributed by atoms with Gasteiger partial charge in [0.05, 0.1) is 27.4 Å². The van der Waals surface area contributed by atoms with Crippen LogP contribution in [0.4, 0.5) is 5.69 Å². The summed E-state index contributed by atoms with van der Waals surface area (Å²) < 4.78 is 16.1. The van der Waals surface area contributed by atoms with Gasteiger partial charge in [0, 0.05) is 12.2 Å². The number of ether oxygens (including phenoxy) is 3. The van der Waals surface area contributed by atoms with Crippen molar-refractivity contribution >= 4 is 5.69 Å². The lowest BCUT2D eigenvalue weighted by Gasteiger charge is -2.23. The topological polar surface area (TPSA) is 54.7 Å². The predicted molar refractivity (Wildman–Crippen MR) is 89.2 cm³/mol. The summed E-state index contributed by atoms with van der Waals surface area (Å²) in [6.45, 7) is 0.856. The summed E-state index contributed by atoms with van der Waals surface area (Å²) in [4.78, 5) is 1.99. The third-order valence-corrected chi connectivity index (χ3v) is 3.48. The van der Waals surface area contributed by atoms with Crippen molar-refractivity contribution < 1.29 is 14.2 Å². The molecule has 0 saturated carbocycles. The van der Waals surface area contributed by atoms with Crippen LogP contribution in [0.15, 0.2) is 42.5 Å².